The number of pyridine rings is 1. The van der Waals surface area contributed by atoms with Gasteiger partial charge in [0.1, 0.15) is 5.82 Å². The number of hydrogen-bond donors (Lipinski definition) is 1. The molecule has 0 aliphatic heterocycles. The quantitative estimate of drug-likeness (QED) is 0.666. The number of nitrogens with zero attached hydrogens (tertiary/aromatic N) is 1. The molecule has 2 N–H and O–H groups in total. The molecule has 0 aromatic carbocycles. The molecule has 0 radical (unpaired) electrons. The lowest BCUT2D eigenvalue weighted by Crippen LogP contribution is -2.11. The van der Waals surface area contributed by atoms with Gasteiger partial charge in [0.05, 0.1) is 21.8 Å². The van der Waals surface area contributed by atoms with Gasteiger partial charge in [-0.05, 0) is 22.6 Å². The Hall–Kier alpha value is -0.990. The molecule has 4 nitrogen and oxygen atoms in total. The van der Waals surface area contributed by atoms with Crippen molar-refractivity contribution in [1.29, 1.82) is 0 Å². The number of rotatable bonds is 2. The predicted octanol–water partition coefficient (Wildman–Crippen LogP) is 1.99. The molecule has 7 heteroatoms. The maximum absolute atomic E-state index is 12.7. The van der Waals surface area contributed by atoms with Crippen molar-refractivity contribution in [2.75, 3.05) is 12.8 Å². The average Bonchev–Trinajstić information content (AvgIpc) is 2.20. The van der Waals surface area contributed by atoms with Gasteiger partial charge in [-0.1, -0.05) is 0 Å². The van der Waals surface area contributed by atoms with Crippen molar-refractivity contribution in [2.24, 2.45) is 0 Å². The number of nitrogens with two attached hydrogens (primary N) is 1. The highest BCUT2D eigenvalue weighted by molar-refractivity contribution is 14.1. The van der Waals surface area contributed by atoms with Crippen LogP contribution in [0.1, 0.15) is 22.3 Å². The number of methoxy groups -OCH3 is 1. The van der Waals surface area contributed by atoms with Gasteiger partial charge in [-0.15, -0.1) is 0 Å². The molecule has 0 saturated carbocycles. The summed E-state index contributed by atoms with van der Waals surface area (Å²) >= 11 is 1.62. The second-order valence-electron chi connectivity index (χ2n) is 2.58. The second-order valence-corrected chi connectivity index (χ2v) is 3.66. The van der Waals surface area contributed by atoms with Crippen molar-refractivity contribution in [2.45, 2.75) is 6.43 Å². The Morgan fingerprint density at radius 1 is 1.67 bits per heavy atom. The van der Waals surface area contributed by atoms with E-state index < -0.39 is 18.0 Å². The zero-order chi connectivity index (χ0) is 11.6. The Balaban J connectivity index is 3.40. The summed E-state index contributed by atoms with van der Waals surface area (Å²) in [6, 6.07) is 0. The molecule has 0 atom stereocenters. The Morgan fingerprint density at radius 2 is 2.27 bits per heavy atom. The van der Waals surface area contributed by atoms with E-state index in [2.05, 4.69) is 9.72 Å². The van der Waals surface area contributed by atoms with Gasteiger partial charge in [0.15, 0.2) is 0 Å². The first kappa shape index (κ1) is 12.1. The molecule has 82 valence electrons. The summed E-state index contributed by atoms with van der Waals surface area (Å²) in [6.07, 6.45) is -1.80. The van der Waals surface area contributed by atoms with Crippen LogP contribution in [0.25, 0.3) is 0 Å². The summed E-state index contributed by atoms with van der Waals surface area (Å²) in [4.78, 5) is 14.8. The van der Waals surface area contributed by atoms with E-state index >= 15 is 0 Å². The topological polar surface area (TPSA) is 65.2 Å². The molecule has 0 saturated heterocycles. The maximum atomic E-state index is 12.7. The van der Waals surface area contributed by atoms with Crippen LogP contribution in [-0.4, -0.2) is 18.1 Å². The van der Waals surface area contributed by atoms with Gasteiger partial charge in [0, 0.05) is 6.20 Å². The van der Waals surface area contributed by atoms with Crippen LogP contribution in [-0.2, 0) is 4.74 Å². The third-order valence-electron chi connectivity index (χ3n) is 1.71. The number of hydrogen-bond acceptors (Lipinski definition) is 4. The minimum atomic E-state index is -2.80. The zero-order valence-corrected chi connectivity index (χ0v) is 9.79. The van der Waals surface area contributed by atoms with Crippen LogP contribution >= 0.6 is 22.6 Å². The van der Waals surface area contributed by atoms with E-state index in [0.29, 0.717) is 0 Å². The summed E-state index contributed by atoms with van der Waals surface area (Å²) in [5.74, 6) is -0.880. The van der Waals surface area contributed by atoms with E-state index in [1.54, 1.807) is 22.6 Å². The zero-order valence-electron chi connectivity index (χ0n) is 7.63. The lowest BCUT2D eigenvalue weighted by molar-refractivity contribution is 0.0588. The summed E-state index contributed by atoms with van der Waals surface area (Å²) < 4.78 is 29.8. The summed E-state index contributed by atoms with van der Waals surface area (Å²) in [5.41, 5.74) is 4.67. The van der Waals surface area contributed by atoms with Crippen LogP contribution in [0, 0.1) is 3.57 Å². The van der Waals surface area contributed by atoms with Gasteiger partial charge < -0.3 is 10.5 Å². The van der Waals surface area contributed by atoms with E-state index in [1.807, 2.05) is 0 Å². The van der Waals surface area contributed by atoms with Crippen molar-refractivity contribution < 1.29 is 18.3 Å². The molecule has 0 aliphatic carbocycles. The summed E-state index contributed by atoms with van der Waals surface area (Å²) in [5, 5.41) is 0. The van der Waals surface area contributed by atoms with E-state index in [0.717, 1.165) is 13.3 Å². The number of aromatic nitrogens is 1. The number of carbonyl (C=O) groups is 1. The first-order valence-electron chi connectivity index (χ1n) is 3.79. The molecule has 0 amide bonds. The monoisotopic (exact) mass is 328 g/mol. The first-order valence-corrected chi connectivity index (χ1v) is 4.87. The van der Waals surface area contributed by atoms with Crippen molar-refractivity contribution in [3.8, 4) is 0 Å². The highest BCUT2D eigenvalue weighted by Gasteiger charge is 2.24. The summed E-state index contributed by atoms with van der Waals surface area (Å²) in [7, 11) is 1.11. The van der Waals surface area contributed by atoms with Crippen LogP contribution in [0.4, 0.5) is 14.6 Å². The minimum absolute atomic E-state index is 0.0291. The number of anilines is 1. The molecule has 0 fully saturated rings. The molecule has 0 bridgehead atoms. The summed E-state index contributed by atoms with van der Waals surface area (Å²) in [6.45, 7) is 0. The number of halogens is 3. The lowest BCUT2D eigenvalue weighted by Gasteiger charge is -2.10. The molecule has 1 heterocycles. The van der Waals surface area contributed by atoms with Gasteiger partial charge in [-0.3, -0.25) is 0 Å². The molecule has 0 aliphatic rings. The van der Waals surface area contributed by atoms with Crippen molar-refractivity contribution in [1.82, 2.24) is 4.98 Å². The normalized spacial score (nSPS) is 10.5. The van der Waals surface area contributed by atoms with Gasteiger partial charge >= 0.3 is 5.97 Å². The fourth-order valence-corrected chi connectivity index (χ4v) is 1.67. The highest BCUT2D eigenvalue weighted by atomic mass is 127. The van der Waals surface area contributed by atoms with Crippen LogP contribution in [0.3, 0.4) is 0 Å². The average molecular weight is 328 g/mol. The van der Waals surface area contributed by atoms with Crippen LogP contribution in [0.15, 0.2) is 6.20 Å². The number of carbonyl (C=O) groups excluding carboxylic acids is 1. The maximum Gasteiger partial charge on any atom is 0.339 e. The van der Waals surface area contributed by atoms with Gasteiger partial charge in [-0.25, -0.2) is 18.6 Å². The highest BCUT2D eigenvalue weighted by Crippen LogP contribution is 2.30. The molecule has 1 aromatic heterocycles. The number of esters is 1. The van der Waals surface area contributed by atoms with E-state index in [4.69, 9.17) is 5.73 Å². The molecule has 1 aromatic rings. The van der Waals surface area contributed by atoms with Crippen molar-refractivity contribution >= 4 is 34.4 Å². The fourth-order valence-electron chi connectivity index (χ4n) is 1.00. The Morgan fingerprint density at radius 3 is 2.73 bits per heavy atom. The molecule has 0 unspecified atom stereocenters. The van der Waals surface area contributed by atoms with Crippen LogP contribution in [0.2, 0.25) is 0 Å². The number of nitrogen functional groups attached to an aromatic ring is 1. The van der Waals surface area contributed by atoms with E-state index in [1.165, 1.54) is 0 Å². The molecule has 1 rings (SSSR count). The van der Waals surface area contributed by atoms with Gasteiger partial charge in [0.2, 0.25) is 0 Å². The smallest absolute Gasteiger partial charge is 0.339 e. The number of alkyl halides is 2. The lowest BCUT2D eigenvalue weighted by atomic mass is 10.1. The van der Waals surface area contributed by atoms with Crippen molar-refractivity contribution in [3.05, 3.63) is 20.9 Å². The van der Waals surface area contributed by atoms with Crippen LogP contribution in [0.5, 0.6) is 0 Å². The largest absolute Gasteiger partial charge is 0.465 e. The SMILES string of the molecule is COC(=O)c1cnc(N)c(I)c1C(F)F. The van der Waals surface area contributed by atoms with Crippen molar-refractivity contribution in [3.63, 3.8) is 0 Å². The Kier molecular flexibility index (Phi) is 3.77. The fraction of sp³-hybridized carbons (Fsp3) is 0.250. The Labute approximate surface area is 98.0 Å². The molecule has 0 spiro atoms. The minimum Gasteiger partial charge on any atom is -0.465 e. The van der Waals surface area contributed by atoms with E-state index in [9.17, 15) is 13.6 Å². The standard InChI is InChI=1S/C8H7F2IN2O2/c1-15-8(14)3-2-13-7(12)5(11)4(3)6(9)10/h2,6H,1H3,(H2,12,13). The second kappa shape index (κ2) is 4.69. The first-order chi connectivity index (χ1) is 6.99. The third-order valence-corrected chi connectivity index (χ3v) is 2.84. The third kappa shape index (κ3) is 2.33. The number of ether oxygens (including phenoxy) is 1. The van der Waals surface area contributed by atoms with Crippen LogP contribution < -0.4 is 5.73 Å². The molecular weight excluding hydrogens is 321 g/mol. The Bertz CT molecular complexity index is 398. The molecule has 15 heavy (non-hydrogen) atoms. The molecular formula is C8H7F2IN2O2. The van der Waals surface area contributed by atoms with E-state index in [-0.39, 0.29) is 15.0 Å². The van der Waals surface area contributed by atoms with Gasteiger partial charge in [-0.2, -0.15) is 0 Å². The predicted molar refractivity (Wildman–Crippen MR) is 57.7 cm³/mol. The van der Waals surface area contributed by atoms with Gasteiger partial charge in [0.25, 0.3) is 6.43 Å².